The van der Waals surface area contributed by atoms with Crippen molar-refractivity contribution >= 4 is 38.9 Å². The standard InChI is InChI=1S/C55H34N2O/c1-2-14-37(15-3-1)56-51-24-12-13-25-53(51)58-54-33-36(27-31-52(54)56)35-26-30-50-44(32-35)42-19-7-11-23-49(42)57(50)38-28-29-48-43(34-38)41-18-6-10-22-47(41)55(48)45-20-8-4-16-39(45)40-17-5-9-21-46(40)55/h1-34H. The normalized spacial score (nSPS) is 13.8. The summed E-state index contributed by atoms with van der Waals surface area (Å²) in [7, 11) is 0. The van der Waals surface area contributed by atoms with Crippen LogP contribution in [0.4, 0.5) is 17.1 Å². The van der Waals surface area contributed by atoms with E-state index < -0.39 is 0 Å². The highest BCUT2D eigenvalue weighted by Crippen LogP contribution is 2.63. The van der Waals surface area contributed by atoms with Crippen LogP contribution in [0.25, 0.3) is 60.9 Å². The summed E-state index contributed by atoms with van der Waals surface area (Å²) in [6, 6.07) is 75.3. The summed E-state index contributed by atoms with van der Waals surface area (Å²) in [4.78, 5) is 2.29. The molecule has 0 atom stereocenters. The van der Waals surface area contributed by atoms with E-state index in [4.69, 9.17) is 4.74 Å². The molecule has 58 heavy (non-hydrogen) atoms. The van der Waals surface area contributed by atoms with Gasteiger partial charge in [-0.15, -0.1) is 0 Å². The molecule has 0 bridgehead atoms. The van der Waals surface area contributed by atoms with Crippen molar-refractivity contribution in [1.29, 1.82) is 0 Å². The second-order valence-electron chi connectivity index (χ2n) is 15.6. The molecule has 9 aromatic carbocycles. The molecule has 1 aromatic heterocycles. The lowest BCUT2D eigenvalue weighted by Gasteiger charge is -2.33. The van der Waals surface area contributed by atoms with Crippen molar-refractivity contribution in [2.75, 3.05) is 4.90 Å². The van der Waals surface area contributed by atoms with Gasteiger partial charge in [-0.2, -0.15) is 0 Å². The van der Waals surface area contributed by atoms with Crippen molar-refractivity contribution < 1.29 is 4.74 Å². The molecule has 2 aliphatic carbocycles. The molecule has 0 saturated heterocycles. The number of hydrogen-bond acceptors (Lipinski definition) is 2. The summed E-state index contributed by atoms with van der Waals surface area (Å²) >= 11 is 0. The summed E-state index contributed by atoms with van der Waals surface area (Å²) in [5.41, 5.74) is 19.3. The highest BCUT2D eigenvalue weighted by Gasteiger charge is 2.51. The van der Waals surface area contributed by atoms with Crippen molar-refractivity contribution in [3.05, 3.63) is 229 Å². The first kappa shape index (κ1) is 31.6. The van der Waals surface area contributed by atoms with Gasteiger partial charge in [-0.3, -0.25) is 0 Å². The molecule has 0 N–H and O–H groups in total. The molecule has 270 valence electrons. The van der Waals surface area contributed by atoms with Crippen molar-refractivity contribution in [3.8, 4) is 50.6 Å². The van der Waals surface area contributed by atoms with Gasteiger partial charge in [-0.25, -0.2) is 0 Å². The van der Waals surface area contributed by atoms with E-state index in [0.717, 1.165) is 45.4 Å². The first-order valence-electron chi connectivity index (χ1n) is 20.0. The average Bonchev–Trinajstić information content (AvgIpc) is 3.89. The molecular weight excluding hydrogens is 705 g/mol. The van der Waals surface area contributed by atoms with Gasteiger partial charge < -0.3 is 14.2 Å². The topological polar surface area (TPSA) is 17.4 Å². The number of aromatic nitrogens is 1. The number of para-hydroxylation sites is 4. The van der Waals surface area contributed by atoms with Gasteiger partial charge in [0.25, 0.3) is 0 Å². The summed E-state index contributed by atoms with van der Waals surface area (Å²) < 4.78 is 9.05. The molecule has 2 heterocycles. The van der Waals surface area contributed by atoms with Gasteiger partial charge >= 0.3 is 0 Å². The van der Waals surface area contributed by atoms with Gasteiger partial charge in [0.1, 0.15) is 0 Å². The van der Waals surface area contributed by atoms with Crippen LogP contribution >= 0.6 is 0 Å². The number of ether oxygens (including phenoxy) is 1. The quantitative estimate of drug-likeness (QED) is 0.180. The molecule has 0 radical (unpaired) electrons. The van der Waals surface area contributed by atoms with Gasteiger partial charge in [0, 0.05) is 22.1 Å². The Bertz CT molecular complexity index is 3290. The number of hydrogen-bond donors (Lipinski definition) is 0. The second kappa shape index (κ2) is 11.7. The maximum Gasteiger partial charge on any atom is 0.152 e. The third kappa shape index (κ3) is 4.12. The molecule has 3 aliphatic rings. The van der Waals surface area contributed by atoms with Crippen LogP contribution in [-0.2, 0) is 5.41 Å². The number of anilines is 3. The number of benzene rings is 9. The van der Waals surface area contributed by atoms with Gasteiger partial charge in [-0.1, -0.05) is 140 Å². The number of rotatable bonds is 3. The molecule has 0 amide bonds. The molecule has 0 unspecified atom stereocenters. The molecule has 0 saturated carbocycles. The van der Waals surface area contributed by atoms with Crippen molar-refractivity contribution in [2.24, 2.45) is 0 Å². The van der Waals surface area contributed by atoms with E-state index in [0.29, 0.717) is 0 Å². The van der Waals surface area contributed by atoms with Crippen LogP contribution in [0.3, 0.4) is 0 Å². The molecule has 1 spiro atoms. The summed E-state index contributed by atoms with van der Waals surface area (Å²) in [5, 5.41) is 2.45. The Kier molecular flexibility index (Phi) is 6.37. The lowest BCUT2D eigenvalue weighted by Crippen LogP contribution is -2.25. The molecule has 1 aliphatic heterocycles. The summed E-state index contributed by atoms with van der Waals surface area (Å²) in [6.07, 6.45) is 0. The smallest absolute Gasteiger partial charge is 0.152 e. The minimum atomic E-state index is -0.355. The first-order chi connectivity index (χ1) is 28.8. The predicted molar refractivity (Wildman–Crippen MR) is 237 cm³/mol. The molecule has 3 nitrogen and oxygen atoms in total. The first-order valence-corrected chi connectivity index (χ1v) is 20.0. The predicted octanol–water partition coefficient (Wildman–Crippen LogP) is 14.4. The van der Waals surface area contributed by atoms with E-state index in [1.165, 1.54) is 66.3 Å². The van der Waals surface area contributed by atoms with E-state index in [-0.39, 0.29) is 5.41 Å². The van der Waals surface area contributed by atoms with E-state index >= 15 is 0 Å². The van der Waals surface area contributed by atoms with E-state index in [1.54, 1.807) is 0 Å². The average molecular weight is 739 g/mol. The zero-order chi connectivity index (χ0) is 38.0. The second-order valence-corrected chi connectivity index (χ2v) is 15.6. The fourth-order valence-electron chi connectivity index (χ4n) is 10.4. The van der Waals surface area contributed by atoms with Gasteiger partial charge in [0.05, 0.1) is 27.8 Å². The van der Waals surface area contributed by atoms with Gasteiger partial charge in [0.15, 0.2) is 11.5 Å². The SMILES string of the molecule is c1ccc(N2c3ccccc3Oc3cc(-c4ccc5c(c4)c4ccccc4n5-c4ccc5c(c4)-c4ccccc4C54c5ccccc5-c5ccccc54)ccc32)cc1. The van der Waals surface area contributed by atoms with Crippen LogP contribution in [0.15, 0.2) is 206 Å². The minimum Gasteiger partial charge on any atom is -0.453 e. The maximum absolute atomic E-state index is 6.60. The van der Waals surface area contributed by atoms with E-state index in [9.17, 15) is 0 Å². The fourth-order valence-corrected chi connectivity index (χ4v) is 10.4. The molecule has 0 fully saturated rings. The lowest BCUT2D eigenvalue weighted by atomic mass is 9.70. The Labute approximate surface area is 336 Å². The van der Waals surface area contributed by atoms with Crippen LogP contribution in [0.1, 0.15) is 22.3 Å². The summed E-state index contributed by atoms with van der Waals surface area (Å²) in [6.45, 7) is 0. The highest BCUT2D eigenvalue weighted by atomic mass is 16.5. The zero-order valence-corrected chi connectivity index (χ0v) is 31.4. The minimum absolute atomic E-state index is 0.355. The van der Waals surface area contributed by atoms with Crippen molar-refractivity contribution in [1.82, 2.24) is 4.57 Å². The Morgan fingerprint density at radius 3 is 1.69 bits per heavy atom. The number of nitrogens with zero attached hydrogens (tertiary/aromatic N) is 2. The zero-order valence-electron chi connectivity index (χ0n) is 31.4. The van der Waals surface area contributed by atoms with Crippen molar-refractivity contribution in [2.45, 2.75) is 5.41 Å². The summed E-state index contributed by atoms with van der Waals surface area (Å²) in [5.74, 6) is 1.69. The Balaban J connectivity index is 0.967. The molecule has 13 rings (SSSR count). The molecule has 10 aromatic rings. The third-order valence-electron chi connectivity index (χ3n) is 12.8. The van der Waals surface area contributed by atoms with Crippen LogP contribution in [-0.4, -0.2) is 4.57 Å². The number of fused-ring (bicyclic) bond motifs is 15. The maximum atomic E-state index is 6.60. The van der Waals surface area contributed by atoms with E-state index in [1.807, 2.05) is 12.1 Å². The van der Waals surface area contributed by atoms with E-state index in [2.05, 4.69) is 204 Å². The van der Waals surface area contributed by atoms with Crippen LogP contribution in [0.5, 0.6) is 11.5 Å². The monoisotopic (exact) mass is 738 g/mol. The Morgan fingerprint density at radius 1 is 0.345 bits per heavy atom. The van der Waals surface area contributed by atoms with Crippen molar-refractivity contribution in [3.63, 3.8) is 0 Å². The van der Waals surface area contributed by atoms with Gasteiger partial charge in [-0.05, 0) is 122 Å². The van der Waals surface area contributed by atoms with Crippen LogP contribution in [0, 0.1) is 0 Å². The van der Waals surface area contributed by atoms with Gasteiger partial charge in [0.2, 0.25) is 0 Å². The largest absolute Gasteiger partial charge is 0.453 e. The van der Waals surface area contributed by atoms with Crippen LogP contribution in [0.2, 0.25) is 0 Å². The highest BCUT2D eigenvalue weighted by molar-refractivity contribution is 6.11. The third-order valence-corrected chi connectivity index (χ3v) is 12.8. The molecular formula is C55H34N2O. The molecule has 3 heteroatoms. The Morgan fingerprint density at radius 2 is 0.914 bits per heavy atom. The Hall–Kier alpha value is -7.62. The fraction of sp³-hybridized carbons (Fsp3) is 0.0182. The van der Waals surface area contributed by atoms with Crippen LogP contribution < -0.4 is 9.64 Å². The lowest BCUT2D eigenvalue weighted by molar-refractivity contribution is 0.477.